The number of aromatic nitrogens is 1. The molecule has 1 heterocycles. The van der Waals surface area contributed by atoms with Crippen LogP contribution in [-0.4, -0.2) is 23.1 Å². The molecule has 4 nitrogen and oxygen atoms in total. The van der Waals surface area contributed by atoms with Crippen LogP contribution in [-0.2, 0) is 13.5 Å². The molecule has 2 aliphatic carbocycles. The molecule has 40 heavy (non-hydrogen) atoms. The molecule has 1 unspecified atom stereocenters. The van der Waals surface area contributed by atoms with E-state index in [1.807, 2.05) is 6.08 Å². The Labute approximate surface area is 239 Å². The quantitative estimate of drug-likeness (QED) is 0.166. The molecule has 1 atom stereocenters. The number of aliphatic imine (C=N–C) groups is 1. The second-order valence-electron chi connectivity index (χ2n) is 11.2. The third-order valence-corrected chi connectivity index (χ3v) is 8.38. The third-order valence-electron chi connectivity index (χ3n) is 8.38. The van der Waals surface area contributed by atoms with Gasteiger partial charge in [0.05, 0.1) is 5.52 Å². The van der Waals surface area contributed by atoms with Gasteiger partial charge in [0, 0.05) is 42.7 Å². The number of nitrogens with one attached hydrogen (secondary N) is 1. The van der Waals surface area contributed by atoms with Crippen molar-refractivity contribution in [3.05, 3.63) is 108 Å². The molecule has 0 aliphatic heterocycles. The van der Waals surface area contributed by atoms with E-state index in [9.17, 15) is 0 Å². The highest BCUT2D eigenvalue weighted by Crippen LogP contribution is 2.39. The van der Waals surface area contributed by atoms with E-state index in [4.69, 9.17) is 10.7 Å². The fraction of sp³-hybridized carbons (Fsp3) is 0.361. The van der Waals surface area contributed by atoms with Gasteiger partial charge < -0.3 is 10.3 Å². The van der Waals surface area contributed by atoms with Crippen LogP contribution in [0.25, 0.3) is 21.8 Å². The van der Waals surface area contributed by atoms with Crippen molar-refractivity contribution in [2.24, 2.45) is 17.8 Å². The Bertz CT molecular complexity index is 1480. The van der Waals surface area contributed by atoms with Crippen molar-refractivity contribution in [1.82, 2.24) is 9.88 Å². The molecule has 0 spiro atoms. The maximum atomic E-state index is 6.79. The number of hydrogen-bond donors (Lipinski definition) is 2. The van der Waals surface area contributed by atoms with Gasteiger partial charge in [0.2, 0.25) is 0 Å². The number of benzene rings is 1. The minimum atomic E-state index is -0.0864. The lowest BCUT2D eigenvalue weighted by molar-refractivity contribution is 0.442. The maximum Gasteiger partial charge on any atom is 0.105 e. The van der Waals surface area contributed by atoms with E-state index < -0.39 is 0 Å². The summed E-state index contributed by atoms with van der Waals surface area (Å²) in [7, 11) is 2.19. The number of nitrogens with zero attached hydrogens (tertiary/aromatic N) is 2. The zero-order valence-electron chi connectivity index (χ0n) is 24.0. The zero-order valence-corrected chi connectivity index (χ0v) is 24.0. The van der Waals surface area contributed by atoms with Gasteiger partial charge >= 0.3 is 0 Å². The van der Waals surface area contributed by atoms with E-state index in [0.717, 1.165) is 25.8 Å². The summed E-state index contributed by atoms with van der Waals surface area (Å²) in [5.74, 6) is 1.25. The predicted octanol–water partition coefficient (Wildman–Crippen LogP) is 8.17. The van der Waals surface area contributed by atoms with Gasteiger partial charge in [-0.15, -0.1) is 6.58 Å². The van der Waals surface area contributed by atoms with E-state index in [2.05, 4.69) is 102 Å². The zero-order chi connectivity index (χ0) is 27.7. The van der Waals surface area contributed by atoms with Gasteiger partial charge in [-0.3, -0.25) is 10.3 Å². The largest absolute Gasteiger partial charge is 0.387 e. The molecule has 0 radical (unpaired) electrons. The summed E-state index contributed by atoms with van der Waals surface area (Å²) in [5.41, 5.74) is 13.4. The van der Waals surface area contributed by atoms with Crippen molar-refractivity contribution < 1.29 is 0 Å². The van der Waals surface area contributed by atoms with Gasteiger partial charge in [0.25, 0.3) is 0 Å². The number of nitrogens with two attached hydrogens (primary N) is 1. The Morgan fingerprint density at radius 1 is 1.02 bits per heavy atom. The van der Waals surface area contributed by atoms with Gasteiger partial charge in [-0.05, 0) is 54.4 Å². The average molecular weight is 533 g/mol. The normalized spacial score (nSPS) is 17.0. The molecule has 208 valence electrons. The molecular weight excluding hydrogens is 488 g/mol. The molecule has 0 amide bonds. The molecule has 3 aromatic rings. The number of aryl methyl sites for hydroxylation is 1. The van der Waals surface area contributed by atoms with E-state index in [1.54, 1.807) is 0 Å². The first-order chi connectivity index (χ1) is 19.7. The summed E-state index contributed by atoms with van der Waals surface area (Å²) >= 11 is 0. The van der Waals surface area contributed by atoms with Gasteiger partial charge in [-0.25, -0.2) is 0 Å². The summed E-state index contributed by atoms with van der Waals surface area (Å²) in [4.78, 5) is 5.01. The first-order valence-electron chi connectivity index (χ1n) is 15.0. The van der Waals surface area contributed by atoms with Crippen LogP contribution in [0, 0.1) is 0 Å². The second-order valence-corrected chi connectivity index (χ2v) is 11.2. The van der Waals surface area contributed by atoms with Gasteiger partial charge in [0.1, 0.15) is 12.0 Å². The third kappa shape index (κ3) is 6.56. The van der Waals surface area contributed by atoms with Crippen LogP contribution < -0.4 is 11.1 Å². The lowest BCUT2D eigenvalue weighted by Gasteiger charge is -2.25. The van der Waals surface area contributed by atoms with Crippen LogP contribution in [0.15, 0.2) is 102 Å². The monoisotopic (exact) mass is 532 g/mol. The maximum absolute atomic E-state index is 6.79. The Balaban J connectivity index is 1.57. The van der Waals surface area contributed by atoms with Crippen molar-refractivity contribution in [1.29, 1.82) is 0 Å². The lowest BCUT2D eigenvalue weighted by atomic mass is 9.81. The van der Waals surface area contributed by atoms with Crippen molar-refractivity contribution in [2.45, 2.75) is 69.9 Å². The van der Waals surface area contributed by atoms with Crippen LogP contribution in [0.3, 0.4) is 0 Å². The Hall–Kier alpha value is -3.63. The van der Waals surface area contributed by atoms with Crippen molar-refractivity contribution in [2.75, 3.05) is 6.54 Å². The first-order valence-corrected chi connectivity index (χ1v) is 15.0. The average Bonchev–Trinajstić information content (AvgIpc) is 3.26. The first kappa shape index (κ1) is 27.9. The number of rotatable bonds is 9. The van der Waals surface area contributed by atoms with Gasteiger partial charge in [-0.1, -0.05) is 98.2 Å². The molecule has 2 aliphatic rings. The SMILES string of the molecule is C=CCC(N=C(N)Cc1c(C2CCCCC2)ccc2c3ccccccccc3n(C)c12)NCC1=CCCC=C1. The fourth-order valence-electron chi connectivity index (χ4n) is 6.41. The van der Waals surface area contributed by atoms with Crippen molar-refractivity contribution in [3.8, 4) is 0 Å². The van der Waals surface area contributed by atoms with Gasteiger partial charge in [0.15, 0.2) is 0 Å². The van der Waals surface area contributed by atoms with Crippen LogP contribution in [0.4, 0.5) is 0 Å². The molecule has 1 aromatic heterocycles. The molecule has 2 aromatic carbocycles. The predicted molar refractivity (Wildman–Crippen MR) is 172 cm³/mol. The van der Waals surface area contributed by atoms with Crippen LogP contribution in [0.2, 0.25) is 0 Å². The second kappa shape index (κ2) is 13.6. The molecule has 1 fully saturated rings. The Morgan fingerprint density at radius 2 is 1.80 bits per heavy atom. The smallest absolute Gasteiger partial charge is 0.105 e. The number of allylic oxidation sites excluding steroid dienone is 2. The topological polar surface area (TPSA) is 55.3 Å². The summed E-state index contributed by atoms with van der Waals surface area (Å²) in [6, 6.07) is 21.7. The Kier molecular flexibility index (Phi) is 9.51. The number of amidine groups is 1. The molecule has 0 bridgehead atoms. The fourth-order valence-corrected chi connectivity index (χ4v) is 6.41. The standard InChI is InChI=1S/C36H44N4/c1-3-16-35(38-26-27-17-10-8-11-18-27)39-34(37)25-32-29(28-19-12-9-13-20-28)23-24-31-30-21-14-6-4-5-7-15-22-33(30)40(2)36(31)32/h3-7,10,14-15,17-18,21-24,28,35,38H,1,8-9,11-13,16,19-20,25-26H2,2H3,(H2,37,39). The number of fused-ring (bicyclic) bond motifs is 3. The summed E-state index contributed by atoms with van der Waals surface area (Å²) in [6.07, 6.45) is 18.7. The van der Waals surface area contributed by atoms with Crippen molar-refractivity contribution >= 4 is 27.6 Å². The number of hydrogen-bond acceptors (Lipinski definition) is 2. The molecule has 4 heteroatoms. The summed E-state index contributed by atoms with van der Waals surface area (Å²) in [5, 5.41) is 6.13. The van der Waals surface area contributed by atoms with E-state index in [1.165, 1.54) is 70.6 Å². The molecule has 5 rings (SSSR count). The van der Waals surface area contributed by atoms with Crippen molar-refractivity contribution in [3.63, 3.8) is 0 Å². The Morgan fingerprint density at radius 3 is 2.55 bits per heavy atom. The highest BCUT2D eigenvalue weighted by atomic mass is 15.1. The highest BCUT2D eigenvalue weighted by molar-refractivity contribution is 6.09. The molecule has 3 N–H and O–H groups in total. The van der Waals surface area contributed by atoms with Crippen LogP contribution in [0.5, 0.6) is 0 Å². The van der Waals surface area contributed by atoms with Gasteiger partial charge in [-0.2, -0.15) is 0 Å². The minimum absolute atomic E-state index is 0.0864. The highest BCUT2D eigenvalue weighted by Gasteiger charge is 2.23. The lowest BCUT2D eigenvalue weighted by Crippen LogP contribution is -2.32. The van der Waals surface area contributed by atoms with Crippen LogP contribution >= 0.6 is 0 Å². The summed E-state index contributed by atoms with van der Waals surface area (Å²) < 4.78 is 2.36. The van der Waals surface area contributed by atoms with Crippen LogP contribution in [0.1, 0.15) is 68.4 Å². The van der Waals surface area contributed by atoms with E-state index in [0.29, 0.717) is 18.2 Å². The molecular formula is C36H44N4. The summed E-state index contributed by atoms with van der Waals surface area (Å²) in [6.45, 7) is 4.77. The minimum Gasteiger partial charge on any atom is -0.387 e. The van der Waals surface area contributed by atoms with E-state index in [-0.39, 0.29) is 6.17 Å². The molecule has 1 saturated carbocycles. The van der Waals surface area contributed by atoms with E-state index >= 15 is 0 Å². The molecule has 0 saturated heterocycles.